The third-order valence-corrected chi connectivity index (χ3v) is 4.54. The maximum Gasteiger partial charge on any atom is 0.262 e. The average molecular weight is 442 g/mol. The van der Waals surface area contributed by atoms with Crippen molar-refractivity contribution in [3.05, 3.63) is 29.3 Å². The topological polar surface area (TPSA) is 137 Å². The van der Waals surface area contributed by atoms with Crippen molar-refractivity contribution in [1.82, 2.24) is 10.2 Å². The molecule has 2 aliphatic heterocycles. The van der Waals surface area contributed by atoms with Crippen molar-refractivity contribution in [3.8, 4) is 5.75 Å². The third kappa shape index (κ3) is 5.33. The Morgan fingerprint density at radius 3 is 2.33 bits per heavy atom. The number of piperidine rings is 1. The van der Waals surface area contributed by atoms with Crippen LogP contribution in [0.1, 0.15) is 33.6 Å². The van der Waals surface area contributed by atoms with Crippen LogP contribution in [0.3, 0.4) is 0 Å². The van der Waals surface area contributed by atoms with Crippen LogP contribution in [0.25, 0.3) is 0 Å². The molecule has 10 nitrogen and oxygen atoms in total. The lowest BCUT2D eigenvalue weighted by Gasteiger charge is -2.27. The van der Waals surface area contributed by atoms with Gasteiger partial charge in [-0.15, -0.1) is 12.4 Å². The van der Waals surface area contributed by atoms with Gasteiger partial charge in [-0.3, -0.25) is 29.4 Å². The highest BCUT2D eigenvalue weighted by Gasteiger charge is 2.44. The van der Waals surface area contributed by atoms with Crippen LogP contribution < -0.4 is 15.8 Å². The van der Waals surface area contributed by atoms with E-state index in [9.17, 15) is 19.2 Å². The van der Waals surface area contributed by atoms with E-state index in [1.165, 1.54) is 12.1 Å². The van der Waals surface area contributed by atoms with Gasteiger partial charge in [0.05, 0.1) is 37.6 Å². The minimum atomic E-state index is -0.987. The van der Waals surface area contributed by atoms with Crippen molar-refractivity contribution < 1.29 is 33.4 Å². The maximum atomic E-state index is 12.7. The Balaban J connectivity index is 0.00000320. The highest BCUT2D eigenvalue weighted by Crippen LogP contribution is 2.30. The Morgan fingerprint density at radius 2 is 1.63 bits per heavy atom. The van der Waals surface area contributed by atoms with Crippen LogP contribution in [-0.2, 0) is 19.1 Å². The second-order valence-electron chi connectivity index (χ2n) is 6.52. The number of nitrogens with two attached hydrogens (primary N) is 1. The van der Waals surface area contributed by atoms with Crippen LogP contribution in [-0.4, -0.2) is 74.1 Å². The number of imide groups is 2. The summed E-state index contributed by atoms with van der Waals surface area (Å²) in [4.78, 5) is 49.6. The van der Waals surface area contributed by atoms with Crippen molar-refractivity contribution >= 4 is 36.0 Å². The summed E-state index contributed by atoms with van der Waals surface area (Å²) in [6, 6.07) is 3.58. The molecule has 0 spiro atoms. The number of hydrogen-bond acceptors (Lipinski definition) is 8. The highest BCUT2D eigenvalue weighted by molar-refractivity contribution is 6.23. The van der Waals surface area contributed by atoms with E-state index in [2.05, 4.69) is 5.32 Å². The lowest BCUT2D eigenvalue weighted by atomic mass is 10.0. The van der Waals surface area contributed by atoms with Gasteiger partial charge in [-0.1, -0.05) is 0 Å². The number of ether oxygens (including phenoxy) is 3. The molecule has 0 saturated carbocycles. The second-order valence-corrected chi connectivity index (χ2v) is 6.52. The summed E-state index contributed by atoms with van der Waals surface area (Å²) in [5, 5.41) is 2.16. The van der Waals surface area contributed by atoms with Gasteiger partial charge in [0.15, 0.2) is 0 Å². The summed E-state index contributed by atoms with van der Waals surface area (Å²) in [7, 11) is 0. The van der Waals surface area contributed by atoms with E-state index in [0.29, 0.717) is 38.7 Å². The molecule has 2 heterocycles. The maximum absolute atomic E-state index is 12.7. The highest BCUT2D eigenvalue weighted by atomic mass is 35.5. The summed E-state index contributed by atoms with van der Waals surface area (Å²) in [5.74, 6) is -1.75. The molecule has 3 rings (SSSR count). The molecule has 0 bridgehead atoms. The number of benzene rings is 1. The van der Waals surface area contributed by atoms with Gasteiger partial charge in [-0.05, 0) is 24.6 Å². The van der Waals surface area contributed by atoms with Gasteiger partial charge in [0.2, 0.25) is 11.8 Å². The molecule has 1 aromatic carbocycles. The van der Waals surface area contributed by atoms with E-state index in [4.69, 9.17) is 19.9 Å². The first-order valence-electron chi connectivity index (χ1n) is 9.37. The quantitative estimate of drug-likeness (QED) is 0.378. The smallest absolute Gasteiger partial charge is 0.262 e. The molecule has 1 unspecified atom stereocenters. The van der Waals surface area contributed by atoms with Crippen LogP contribution in [0.5, 0.6) is 5.75 Å². The molecular weight excluding hydrogens is 418 g/mol. The van der Waals surface area contributed by atoms with Crippen molar-refractivity contribution in [3.63, 3.8) is 0 Å². The number of rotatable bonds is 10. The lowest BCUT2D eigenvalue weighted by Crippen LogP contribution is -2.54. The molecule has 0 radical (unpaired) electrons. The number of halogens is 1. The minimum Gasteiger partial charge on any atom is -0.491 e. The first-order chi connectivity index (χ1) is 14.0. The van der Waals surface area contributed by atoms with Crippen LogP contribution >= 0.6 is 12.4 Å². The van der Waals surface area contributed by atoms with E-state index < -0.39 is 29.7 Å². The van der Waals surface area contributed by atoms with E-state index in [0.717, 1.165) is 4.90 Å². The molecule has 2 aliphatic rings. The number of nitrogens with zero attached hydrogens (tertiary/aromatic N) is 1. The summed E-state index contributed by atoms with van der Waals surface area (Å²) in [5.41, 5.74) is 5.69. The fraction of sp³-hybridized carbons (Fsp3) is 0.474. The third-order valence-electron chi connectivity index (χ3n) is 4.54. The Morgan fingerprint density at radius 1 is 0.967 bits per heavy atom. The second kappa shape index (κ2) is 11.0. The molecule has 0 aliphatic carbocycles. The fourth-order valence-electron chi connectivity index (χ4n) is 3.16. The number of carbonyl (C=O) groups is 4. The fourth-order valence-corrected chi connectivity index (χ4v) is 3.16. The number of nitrogens with one attached hydrogen (secondary N) is 1. The van der Waals surface area contributed by atoms with E-state index in [-0.39, 0.29) is 43.0 Å². The zero-order valence-corrected chi connectivity index (χ0v) is 17.1. The summed E-state index contributed by atoms with van der Waals surface area (Å²) >= 11 is 0. The van der Waals surface area contributed by atoms with Gasteiger partial charge >= 0.3 is 0 Å². The SMILES string of the molecule is Cl.NCCOCCOCCOc1ccc2c(c1)C(=O)N(C1CCC(=O)NC1=O)C2=O. The van der Waals surface area contributed by atoms with Gasteiger partial charge in [0, 0.05) is 13.0 Å². The molecule has 1 atom stereocenters. The summed E-state index contributed by atoms with van der Waals surface area (Å²) in [6.07, 6.45) is 0.196. The number of hydrogen-bond donors (Lipinski definition) is 2. The first kappa shape index (κ1) is 23.7. The van der Waals surface area contributed by atoms with Gasteiger partial charge in [-0.25, -0.2) is 0 Å². The predicted molar refractivity (Wildman–Crippen MR) is 107 cm³/mol. The molecule has 4 amide bonds. The monoisotopic (exact) mass is 441 g/mol. The van der Waals surface area contributed by atoms with E-state index in [1.807, 2.05) is 0 Å². The predicted octanol–water partition coefficient (Wildman–Crippen LogP) is -0.120. The molecule has 1 saturated heterocycles. The van der Waals surface area contributed by atoms with Crippen molar-refractivity contribution in [2.75, 3.05) is 39.6 Å². The van der Waals surface area contributed by atoms with Crippen molar-refractivity contribution in [1.29, 1.82) is 0 Å². The van der Waals surface area contributed by atoms with Crippen LogP contribution in [0.2, 0.25) is 0 Å². The Hall–Kier alpha value is -2.53. The standard InChI is InChI=1S/C19H23N3O7.ClH/c20-5-6-27-7-8-28-9-10-29-12-1-2-13-14(11-12)19(26)22(18(13)25)15-3-4-16(23)21-17(15)24;/h1-2,11,15H,3-10,20H2,(H,21,23,24);1H. The largest absolute Gasteiger partial charge is 0.491 e. The number of amides is 4. The van der Waals surface area contributed by atoms with Crippen LogP contribution in [0.15, 0.2) is 18.2 Å². The molecule has 1 aromatic rings. The lowest BCUT2D eigenvalue weighted by molar-refractivity contribution is -0.136. The average Bonchev–Trinajstić information content (AvgIpc) is 2.94. The van der Waals surface area contributed by atoms with Crippen molar-refractivity contribution in [2.24, 2.45) is 5.73 Å². The van der Waals surface area contributed by atoms with Gasteiger partial charge in [0.1, 0.15) is 18.4 Å². The summed E-state index contributed by atoms with van der Waals surface area (Å²) < 4.78 is 16.1. The van der Waals surface area contributed by atoms with E-state index in [1.54, 1.807) is 6.07 Å². The molecule has 164 valence electrons. The zero-order chi connectivity index (χ0) is 20.8. The molecule has 1 fully saturated rings. The zero-order valence-electron chi connectivity index (χ0n) is 16.3. The van der Waals surface area contributed by atoms with Crippen LogP contribution in [0, 0.1) is 0 Å². The van der Waals surface area contributed by atoms with Gasteiger partial charge in [0.25, 0.3) is 11.8 Å². The minimum absolute atomic E-state index is 0. The molecule has 3 N–H and O–H groups in total. The Bertz CT molecular complexity index is 817. The normalized spacial score (nSPS) is 18.2. The Kier molecular flexibility index (Phi) is 8.72. The molecule has 30 heavy (non-hydrogen) atoms. The molecule has 11 heteroatoms. The van der Waals surface area contributed by atoms with E-state index >= 15 is 0 Å². The molecule has 0 aromatic heterocycles. The summed E-state index contributed by atoms with van der Waals surface area (Å²) in [6.45, 7) is 2.40. The van der Waals surface area contributed by atoms with Crippen molar-refractivity contribution in [2.45, 2.75) is 18.9 Å². The number of carbonyl (C=O) groups excluding carboxylic acids is 4. The molecular formula is C19H24ClN3O7. The van der Waals surface area contributed by atoms with Gasteiger partial charge < -0.3 is 19.9 Å². The van der Waals surface area contributed by atoms with Crippen LogP contribution in [0.4, 0.5) is 0 Å². The Labute approximate surface area is 179 Å². The first-order valence-corrected chi connectivity index (χ1v) is 9.37. The van der Waals surface area contributed by atoms with Gasteiger partial charge in [-0.2, -0.15) is 0 Å². The number of fused-ring (bicyclic) bond motifs is 1.